The number of nitrogens with zero attached hydrogens (tertiary/aromatic N) is 5. The van der Waals surface area contributed by atoms with Crippen LogP contribution in [0.25, 0.3) is 22.4 Å². The van der Waals surface area contributed by atoms with Crippen molar-refractivity contribution in [3.63, 3.8) is 0 Å². The third-order valence-corrected chi connectivity index (χ3v) is 8.83. The molecular formula is C28H34ClN7O3. The fourth-order valence-electron chi connectivity index (χ4n) is 6.30. The zero-order valence-electron chi connectivity index (χ0n) is 22.2. The van der Waals surface area contributed by atoms with Crippen LogP contribution in [0.5, 0.6) is 0 Å². The van der Waals surface area contributed by atoms with Crippen molar-refractivity contribution in [2.75, 3.05) is 24.7 Å². The lowest BCUT2D eigenvalue weighted by atomic mass is 9.75. The van der Waals surface area contributed by atoms with Crippen molar-refractivity contribution in [3.8, 4) is 11.3 Å². The lowest BCUT2D eigenvalue weighted by Gasteiger charge is -2.53. The first-order chi connectivity index (χ1) is 18.8. The van der Waals surface area contributed by atoms with Gasteiger partial charge in [-0.1, -0.05) is 43.5 Å². The van der Waals surface area contributed by atoms with Crippen LogP contribution in [0, 0.1) is 17.2 Å². The van der Waals surface area contributed by atoms with Gasteiger partial charge in [0.15, 0.2) is 5.65 Å². The normalized spacial score (nSPS) is 22.6. The molecule has 2 aliphatic carbocycles. The van der Waals surface area contributed by atoms with E-state index < -0.39 is 12.0 Å². The average Bonchev–Trinajstić information content (AvgIpc) is 3.26. The van der Waals surface area contributed by atoms with E-state index in [0.717, 1.165) is 61.7 Å². The van der Waals surface area contributed by atoms with Gasteiger partial charge in [0.1, 0.15) is 11.2 Å². The molecule has 0 atom stereocenters. The van der Waals surface area contributed by atoms with Crippen LogP contribution in [0.3, 0.4) is 0 Å². The molecule has 2 aromatic heterocycles. The molecular weight excluding hydrogens is 518 g/mol. The third-order valence-electron chi connectivity index (χ3n) is 8.59. The monoisotopic (exact) mass is 551 g/mol. The summed E-state index contributed by atoms with van der Waals surface area (Å²) in [5, 5.41) is 8.85. The van der Waals surface area contributed by atoms with Gasteiger partial charge in [-0.25, -0.2) is 14.8 Å². The lowest BCUT2D eigenvalue weighted by molar-refractivity contribution is 0.0118. The van der Waals surface area contributed by atoms with E-state index in [0.29, 0.717) is 35.5 Å². The molecule has 3 aromatic rings. The van der Waals surface area contributed by atoms with Crippen molar-refractivity contribution in [2.45, 2.75) is 64.0 Å². The van der Waals surface area contributed by atoms with Crippen LogP contribution in [0.15, 0.2) is 24.3 Å². The van der Waals surface area contributed by atoms with E-state index in [9.17, 15) is 4.79 Å². The Hall–Kier alpha value is -3.24. The number of morpholine rings is 1. The molecule has 11 heteroatoms. The molecule has 0 radical (unpaired) electrons. The number of anilines is 1. The van der Waals surface area contributed by atoms with Crippen molar-refractivity contribution in [1.29, 1.82) is 5.41 Å². The number of ether oxygens (including phenoxy) is 2. The summed E-state index contributed by atoms with van der Waals surface area (Å²) in [6.45, 7) is 5.21. The highest BCUT2D eigenvalue weighted by atomic mass is 35.5. The van der Waals surface area contributed by atoms with E-state index in [1.165, 1.54) is 19.3 Å². The van der Waals surface area contributed by atoms with Gasteiger partial charge in [-0.15, -0.1) is 0 Å². The highest BCUT2D eigenvalue weighted by Crippen LogP contribution is 2.44. The van der Waals surface area contributed by atoms with Gasteiger partial charge in [-0.05, 0) is 56.1 Å². The molecule has 1 saturated heterocycles. The molecule has 1 spiro atoms. The number of halogens is 1. The minimum atomic E-state index is -1.09. The van der Waals surface area contributed by atoms with Gasteiger partial charge >= 0.3 is 6.09 Å². The molecule has 1 aromatic carbocycles. The summed E-state index contributed by atoms with van der Waals surface area (Å²) in [6.07, 6.45) is 6.97. The summed E-state index contributed by atoms with van der Waals surface area (Å²) in [4.78, 5) is 28.3. The Morgan fingerprint density at radius 1 is 1.23 bits per heavy atom. The molecule has 3 heterocycles. The fraction of sp³-hybridized carbons (Fsp3) is 0.536. The number of aromatic nitrogens is 4. The maximum absolute atomic E-state index is 11.4. The van der Waals surface area contributed by atoms with Crippen molar-refractivity contribution in [1.82, 2.24) is 19.5 Å². The Bertz CT molecular complexity index is 1410. The molecule has 0 unspecified atom stereocenters. The van der Waals surface area contributed by atoms with Crippen LogP contribution < -0.4 is 10.6 Å². The number of carbonyl (C=O) groups is 1. The van der Waals surface area contributed by atoms with Crippen LogP contribution >= 0.6 is 11.6 Å². The predicted molar refractivity (Wildman–Crippen MR) is 149 cm³/mol. The van der Waals surface area contributed by atoms with Gasteiger partial charge < -0.3 is 24.7 Å². The maximum Gasteiger partial charge on any atom is 0.411 e. The molecule has 3 aliphatic rings. The van der Waals surface area contributed by atoms with E-state index in [4.69, 9.17) is 42.2 Å². The number of rotatable bonds is 5. The Morgan fingerprint density at radius 2 is 2.03 bits per heavy atom. The second-order valence-electron chi connectivity index (χ2n) is 11.3. The molecule has 39 heavy (non-hydrogen) atoms. The number of nitrogens with two attached hydrogens (primary N) is 1. The molecule has 1 aliphatic heterocycles. The highest BCUT2D eigenvalue weighted by Gasteiger charge is 2.47. The number of primary amides is 1. The zero-order valence-corrected chi connectivity index (χ0v) is 22.9. The van der Waals surface area contributed by atoms with Gasteiger partial charge in [0.05, 0.1) is 18.8 Å². The van der Waals surface area contributed by atoms with Crippen LogP contribution in [-0.4, -0.2) is 56.8 Å². The minimum Gasteiger partial charge on any atom is -0.388 e. The molecule has 3 N–H and O–H groups in total. The molecule has 2 saturated carbocycles. The minimum absolute atomic E-state index is 0.0562. The SMILES string of the molecule is C[C@H]1CC[C@H](Cn2c(N3CCOCC34CCC4)nc3nc(C(=N)OC(N)=O)nc(-c4cccc(Cl)c4)c32)CC1. The van der Waals surface area contributed by atoms with Crippen LogP contribution in [0.1, 0.15) is 57.7 Å². The highest BCUT2D eigenvalue weighted by molar-refractivity contribution is 6.30. The van der Waals surface area contributed by atoms with Crippen LogP contribution in [0.4, 0.5) is 10.7 Å². The molecule has 0 bridgehead atoms. The Labute approximate surface area is 232 Å². The number of hydrogen-bond acceptors (Lipinski definition) is 8. The number of amides is 1. The van der Waals surface area contributed by atoms with Gasteiger partial charge in [0, 0.05) is 23.7 Å². The number of nitrogens with one attached hydrogen (secondary N) is 1. The molecule has 6 rings (SSSR count). The molecule has 10 nitrogen and oxygen atoms in total. The smallest absolute Gasteiger partial charge is 0.388 e. The van der Waals surface area contributed by atoms with Crippen molar-refractivity contribution in [3.05, 3.63) is 35.1 Å². The number of fused-ring (bicyclic) bond motifs is 1. The van der Waals surface area contributed by atoms with Gasteiger partial charge in [0.25, 0.3) is 5.90 Å². The third kappa shape index (κ3) is 4.96. The molecule has 1 amide bonds. The van der Waals surface area contributed by atoms with E-state index in [1.54, 1.807) is 0 Å². The van der Waals surface area contributed by atoms with Crippen LogP contribution in [-0.2, 0) is 16.0 Å². The van der Waals surface area contributed by atoms with Gasteiger partial charge in [-0.3, -0.25) is 5.41 Å². The van der Waals surface area contributed by atoms with Gasteiger partial charge in [0.2, 0.25) is 11.8 Å². The van der Waals surface area contributed by atoms with E-state index in [2.05, 4.69) is 21.4 Å². The maximum atomic E-state index is 11.4. The standard InChI is InChI=1S/C28H34ClN7O3/c1-17-6-8-18(9-7-17)15-35-22-21(19-4-2-5-20(29)14-19)32-25(23(30)39-26(31)37)33-24(22)34-27(35)36-12-13-38-16-28(36)10-3-11-28/h2,4-5,14,17-18,30H,3,6-13,15-16H2,1H3,(H2,31,37)/t17-,18-. The summed E-state index contributed by atoms with van der Waals surface area (Å²) in [6, 6.07) is 7.44. The van der Waals surface area contributed by atoms with E-state index in [1.807, 2.05) is 24.3 Å². The first-order valence-electron chi connectivity index (χ1n) is 13.8. The summed E-state index contributed by atoms with van der Waals surface area (Å²) >= 11 is 6.40. The fourth-order valence-corrected chi connectivity index (χ4v) is 6.49. The second-order valence-corrected chi connectivity index (χ2v) is 11.7. The number of hydrogen-bond donors (Lipinski definition) is 2. The summed E-state index contributed by atoms with van der Waals surface area (Å²) in [5.41, 5.74) is 7.74. The van der Waals surface area contributed by atoms with Gasteiger partial charge in [-0.2, -0.15) is 4.98 Å². The number of carbonyl (C=O) groups excluding carboxylic acids is 1. The lowest BCUT2D eigenvalue weighted by Crippen LogP contribution is -2.62. The number of imidazole rings is 1. The summed E-state index contributed by atoms with van der Waals surface area (Å²) in [7, 11) is 0. The second kappa shape index (κ2) is 10.4. The van der Waals surface area contributed by atoms with Crippen molar-refractivity contribution >= 4 is 40.7 Å². The average molecular weight is 552 g/mol. The summed E-state index contributed by atoms with van der Waals surface area (Å²) < 4.78 is 13.1. The molecule has 206 valence electrons. The largest absolute Gasteiger partial charge is 0.411 e. The van der Waals surface area contributed by atoms with Crippen molar-refractivity contribution < 1.29 is 14.3 Å². The Morgan fingerprint density at radius 3 is 2.72 bits per heavy atom. The predicted octanol–water partition coefficient (Wildman–Crippen LogP) is 5.15. The summed E-state index contributed by atoms with van der Waals surface area (Å²) in [5.74, 6) is 1.55. The Kier molecular flexibility index (Phi) is 6.93. The first-order valence-corrected chi connectivity index (χ1v) is 14.2. The van der Waals surface area contributed by atoms with Crippen molar-refractivity contribution in [2.24, 2.45) is 17.6 Å². The van der Waals surface area contributed by atoms with E-state index in [-0.39, 0.29) is 11.4 Å². The first kappa shape index (κ1) is 26.0. The molecule has 3 fully saturated rings. The number of benzene rings is 1. The Balaban J connectivity index is 1.56. The quantitative estimate of drug-likeness (QED) is 0.331. The topological polar surface area (TPSA) is 132 Å². The zero-order chi connectivity index (χ0) is 27.1. The van der Waals surface area contributed by atoms with E-state index >= 15 is 0 Å². The van der Waals surface area contributed by atoms with Crippen LogP contribution in [0.2, 0.25) is 5.02 Å².